The lowest BCUT2D eigenvalue weighted by atomic mass is 9.49. The number of carbonyl (C=O) groups is 1. The van der Waals surface area contributed by atoms with Gasteiger partial charge in [0.2, 0.25) is 5.91 Å². The van der Waals surface area contributed by atoms with Gasteiger partial charge in [0.1, 0.15) is 0 Å². The summed E-state index contributed by atoms with van der Waals surface area (Å²) < 4.78 is 0. The third-order valence-corrected chi connectivity index (χ3v) is 7.97. The maximum absolute atomic E-state index is 12.1. The van der Waals surface area contributed by atoms with Crippen molar-refractivity contribution >= 4 is 5.91 Å². The molecular weight excluding hydrogens is 300 g/mol. The number of nitrogens with zero attached hydrogens (tertiary/aromatic N) is 1. The van der Waals surface area contributed by atoms with E-state index < -0.39 is 0 Å². The van der Waals surface area contributed by atoms with Crippen molar-refractivity contribution in [3.63, 3.8) is 0 Å². The van der Waals surface area contributed by atoms with Gasteiger partial charge in [-0.15, -0.1) is 0 Å². The third-order valence-electron chi connectivity index (χ3n) is 7.97. The zero-order valence-electron chi connectivity index (χ0n) is 15.7. The fourth-order valence-corrected chi connectivity index (χ4v) is 6.55. The van der Waals surface area contributed by atoms with Crippen LogP contribution in [0.5, 0.6) is 0 Å². The minimum atomic E-state index is -0.104. The van der Waals surface area contributed by atoms with Crippen LogP contribution in [0.2, 0.25) is 0 Å². The monoisotopic (exact) mass is 334 g/mol. The van der Waals surface area contributed by atoms with Gasteiger partial charge in [-0.1, -0.05) is 19.9 Å². The Hall–Kier alpha value is -0.870. The van der Waals surface area contributed by atoms with Crippen LogP contribution in [0, 0.1) is 28.6 Å². The highest BCUT2D eigenvalue weighted by Gasteiger charge is 2.59. The van der Waals surface area contributed by atoms with E-state index in [-0.39, 0.29) is 22.8 Å². The summed E-state index contributed by atoms with van der Waals surface area (Å²) in [5.74, 6) is 2.33. The summed E-state index contributed by atoms with van der Waals surface area (Å²) in [5.41, 5.74) is 6.09. The average Bonchev–Trinajstić information content (AvgIpc) is 2.89. The molecule has 1 amide bonds. The molecule has 1 aliphatic heterocycles. The number of amides is 1. The lowest BCUT2D eigenvalue weighted by Crippen LogP contribution is -2.54. The molecule has 136 valence electrons. The zero-order chi connectivity index (χ0) is 17.7. The molecule has 0 aromatic rings. The minimum absolute atomic E-state index is 0.104. The summed E-state index contributed by atoms with van der Waals surface area (Å²) in [6.07, 6.45) is 9.59. The van der Waals surface area contributed by atoms with E-state index in [9.17, 15) is 9.90 Å². The third kappa shape index (κ3) is 2.29. The predicted octanol–water partition coefficient (Wildman–Crippen LogP) is 2.91. The molecule has 6 unspecified atom stereocenters. The zero-order valence-corrected chi connectivity index (χ0v) is 15.7. The van der Waals surface area contributed by atoms with E-state index in [0.29, 0.717) is 24.2 Å². The van der Waals surface area contributed by atoms with Gasteiger partial charge in [0.15, 0.2) is 0 Å². The van der Waals surface area contributed by atoms with Crippen LogP contribution in [0.15, 0.2) is 11.8 Å². The van der Waals surface area contributed by atoms with E-state index >= 15 is 0 Å². The van der Waals surface area contributed by atoms with Crippen LogP contribution in [-0.2, 0) is 4.79 Å². The highest BCUT2D eigenvalue weighted by atomic mass is 16.3. The van der Waals surface area contributed by atoms with Gasteiger partial charge in [-0.3, -0.25) is 4.79 Å². The highest BCUT2D eigenvalue weighted by molar-refractivity contribution is 5.79. The fourth-order valence-electron chi connectivity index (χ4n) is 6.55. The van der Waals surface area contributed by atoms with Gasteiger partial charge in [-0.05, 0) is 68.7 Å². The van der Waals surface area contributed by atoms with Crippen molar-refractivity contribution in [2.45, 2.75) is 64.9 Å². The molecule has 0 bridgehead atoms. The van der Waals surface area contributed by atoms with Gasteiger partial charge in [0.25, 0.3) is 0 Å². The SMILES string of the molecule is CN.CN1C(=O)CCC2(C)C1=CCC1C2CCC2(C)C(O)CCC12. The summed E-state index contributed by atoms with van der Waals surface area (Å²) >= 11 is 0. The Bertz CT molecular complexity index is 546. The summed E-state index contributed by atoms with van der Waals surface area (Å²) in [6, 6.07) is 0. The standard InChI is InChI=1S/C19H29NO2.CH5N/c1-18-11-9-17(22)20(3)15(18)6-4-12-13-5-7-16(21)19(13,2)10-8-14(12)18;1-2/h6,12-14,16,21H,4-5,7-11H2,1-3H3;2H2,1H3. The largest absolute Gasteiger partial charge is 0.393 e. The molecule has 0 aromatic heterocycles. The van der Waals surface area contributed by atoms with Crippen molar-refractivity contribution in [1.29, 1.82) is 0 Å². The molecule has 4 aliphatic rings. The van der Waals surface area contributed by atoms with E-state index in [4.69, 9.17) is 0 Å². The van der Waals surface area contributed by atoms with Crippen molar-refractivity contribution in [3.8, 4) is 0 Å². The van der Waals surface area contributed by atoms with Gasteiger partial charge < -0.3 is 15.7 Å². The number of nitrogens with two attached hydrogens (primary N) is 1. The first-order chi connectivity index (χ1) is 11.4. The topological polar surface area (TPSA) is 66.6 Å². The van der Waals surface area contributed by atoms with E-state index in [1.165, 1.54) is 25.6 Å². The Labute approximate surface area is 146 Å². The maximum Gasteiger partial charge on any atom is 0.226 e. The summed E-state index contributed by atoms with van der Waals surface area (Å²) in [5, 5.41) is 10.5. The van der Waals surface area contributed by atoms with Crippen LogP contribution in [0.1, 0.15) is 58.8 Å². The molecule has 3 fully saturated rings. The second-order valence-electron chi connectivity index (χ2n) is 8.71. The normalized spacial score (nSPS) is 47.0. The number of fused-ring (bicyclic) bond motifs is 5. The van der Waals surface area contributed by atoms with E-state index in [0.717, 1.165) is 25.7 Å². The van der Waals surface area contributed by atoms with Gasteiger partial charge in [0.05, 0.1) is 6.10 Å². The quantitative estimate of drug-likeness (QED) is 0.716. The van der Waals surface area contributed by atoms with Gasteiger partial charge >= 0.3 is 0 Å². The molecule has 0 aromatic carbocycles. The molecule has 2 saturated carbocycles. The maximum atomic E-state index is 12.1. The predicted molar refractivity (Wildman–Crippen MR) is 96.0 cm³/mol. The Morgan fingerprint density at radius 1 is 1.17 bits per heavy atom. The molecule has 1 saturated heterocycles. The van der Waals surface area contributed by atoms with Crippen molar-refractivity contribution in [3.05, 3.63) is 11.8 Å². The summed E-state index contributed by atoms with van der Waals surface area (Å²) in [4.78, 5) is 14.0. The minimum Gasteiger partial charge on any atom is -0.393 e. The van der Waals surface area contributed by atoms with Crippen molar-refractivity contribution < 1.29 is 9.90 Å². The second kappa shape index (κ2) is 6.14. The first-order valence-corrected chi connectivity index (χ1v) is 9.61. The number of piperidine rings is 1. The molecule has 3 N–H and O–H groups in total. The Balaban J connectivity index is 0.000000815. The average molecular weight is 335 g/mol. The molecule has 4 nitrogen and oxygen atoms in total. The number of hydrogen-bond acceptors (Lipinski definition) is 3. The first-order valence-electron chi connectivity index (χ1n) is 9.61. The lowest BCUT2D eigenvalue weighted by Gasteiger charge is -2.58. The van der Waals surface area contributed by atoms with Crippen LogP contribution in [0.3, 0.4) is 0 Å². The number of allylic oxidation sites excluding steroid dienone is 2. The molecule has 4 heteroatoms. The molecule has 6 atom stereocenters. The number of carbonyl (C=O) groups excluding carboxylic acids is 1. The van der Waals surface area contributed by atoms with Crippen LogP contribution in [0.25, 0.3) is 0 Å². The number of hydrogen-bond donors (Lipinski definition) is 2. The lowest BCUT2D eigenvalue weighted by molar-refractivity contribution is -0.136. The number of rotatable bonds is 0. The van der Waals surface area contributed by atoms with Gasteiger partial charge in [0, 0.05) is 24.6 Å². The number of aliphatic hydroxyl groups excluding tert-OH is 1. The Morgan fingerprint density at radius 3 is 2.58 bits per heavy atom. The smallest absolute Gasteiger partial charge is 0.226 e. The molecule has 0 radical (unpaired) electrons. The molecule has 24 heavy (non-hydrogen) atoms. The van der Waals surface area contributed by atoms with Gasteiger partial charge in [-0.2, -0.15) is 0 Å². The van der Waals surface area contributed by atoms with Crippen LogP contribution in [-0.4, -0.2) is 36.1 Å². The number of likely N-dealkylation sites (tertiary alicyclic amines) is 1. The summed E-state index contributed by atoms with van der Waals surface area (Å²) in [6.45, 7) is 4.72. The van der Waals surface area contributed by atoms with Crippen LogP contribution >= 0.6 is 0 Å². The molecule has 1 heterocycles. The molecule has 3 aliphatic carbocycles. The van der Waals surface area contributed by atoms with Crippen LogP contribution < -0.4 is 5.73 Å². The summed E-state index contributed by atoms with van der Waals surface area (Å²) in [7, 11) is 3.46. The van der Waals surface area contributed by atoms with E-state index in [2.05, 4.69) is 25.7 Å². The highest BCUT2D eigenvalue weighted by Crippen LogP contribution is 2.64. The Morgan fingerprint density at radius 2 is 1.88 bits per heavy atom. The van der Waals surface area contributed by atoms with E-state index in [1.54, 1.807) is 0 Å². The molecular formula is C20H34N2O2. The van der Waals surface area contributed by atoms with Crippen molar-refractivity contribution in [2.24, 2.45) is 34.3 Å². The number of aliphatic hydroxyl groups is 1. The fraction of sp³-hybridized carbons (Fsp3) is 0.850. The second-order valence-corrected chi connectivity index (χ2v) is 8.71. The Kier molecular flexibility index (Phi) is 4.59. The van der Waals surface area contributed by atoms with Crippen LogP contribution in [0.4, 0.5) is 0 Å². The van der Waals surface area contributed by atoms with Crippen molar-refractivity contribution in [2.75, 3.05) is 14.1 Å². The van der Waals surface area contributed by atoms with Gasteiger partial charge in [-0.25, -0.2) is 0 Å². The first kappa shape index (κ1) is 17.9. The molecule has 0 spiro atoms. The van der Waals surface area contributed by atoms with E-state index in [1.807, 2.05) is 11.9 Å². The van der Waals surface area contributed by atoms with Crippen molar-refractivity contribution in [1.82, 2.24) is 4.90 Å². The molecule has 4 rings (SSSR count).